The minimum Gasteiger partial charge on any atom is -0.495 e. The van der Waals surface area contributed by atoms with Crippen LogP contribution in [0.15, 0.2) is 18.2 Å². The minimum atomic E-state index is 0.550. The minimum absolute atomic E-state index is 0.550. The molecule has 0 spiro atoms. The van der Waals surface area contributed by atoms with Crippen LogP contribution in [0.1, 0.15) is 24.8 Å². The van der Waals surface area contributed by atoms with Crippen LogP contribution in [0.5, 0.6) is 5.75 Å². The second-order valence-corrected chi connectivity index (χ2v) is 6.63. The van der Waals surface area contributed by atoms with Gasteiger partial charge in [-0.3, -0.25) is 4.90 Å². The van der Waals surface area contributed by atoms with Crippen molar-refractivity contribution in [1.29, 1.82) is 0 Å². The van der Waals surface area contributed by atoms with Gasteiger partial charge in [-0.15, -0.1) is 0 Å². The van der Waals surface area contributed by atoms with E-state index < -0.39 is 0 Å². The molecule has 0 bridgehead atoms. The van der Waals surface area contributed by atoms with Gasteiger partial charge in [-0.1, -0.05) is 6.07 Å². The predicted octanol–water partition coefficient (Wildman–Crippen LogP) is 2.41. The van der Waals surface area contributed by atoms with Crippen LogP contribution < -0.4 is 10.1 Å². The summed E-state index contributed by atoms with van der Waals surface area (Å²) in [5.74, 6) is 0.947. The van der Waals surface area contributed by atoms with Crippen molar-refractivity contribution in [3.8, 4) is 5.75 Å². The van der Waals surface area contributed by atoms with Crippen LogP contribution in [-0.4, -0.2) is 56.2 Å². The van der Waals surface area contributed by atoms with Gasteiger partial charge < -0.3 is 15.0 Å². The van der Waals surface area contributed by atoms with Crippen molar-refractivity contribution >= 4 is 5.69 Å². The van der Waals surface area contributed by atoms with Gasteiger partial charge in [-0.05, 0) is 51.1 Å². The smallest absolute Gasteiger partial charge is 0.141 e. The molecule has 2 fully saturated rings. The highest BCUT2D eigenvalue weighted by atomic mass is 16.5. The molecular formula is C17H27N3O. The van der Waals surface area contributed by atoms with Gasteiger partial charge in [0.25, 0.3) is 0 Å². The van der Waals surface area contributed by atoms with E-state index in [1.54, 1.807) is 7.11 Å². The van der Waals surface area contributed by atoms with Gasteiger partial charge in [-0.2, -0.15) is 0 Å². The third kappa shape index (κ3) is 3.69. The number of anilines is 1. The SMILES string of the molecule is COc1ccc(CN(C)C)cc1NC1CCN(C2CC2)C1. The fourth-order valence-electron chi connectivity index (χ4n) is 3.23. The fraction of sp³-hybridized carbons (Fsp3) is 0.647. The second kappa shape index (κ2) is 6.24. The summed E-state index contributed by atoms with van der Waals surface area (Å²) >= 11 is 0. The van der Waals surface area contributed by atoms with Crippen LogP contribution in [0.25, 0.3) is 0 Å². The average molecular weight is 289 g/mol. The number of rotatable bonds is 6. The monoisotopic (exact) mass is 289 g/mol. The lowest BCUT2D eigenvalue weighted by Crippen LogP contribution is -2.27. The number of ether oxygens (including phenoxy) is 1. The number of nitrogens with zero attached hydrogens (tertiary/aromatic N) is 2. The van der Waals surface area contributed by atoms with Crippen LogP contribution in [0, 0.1) is 0 Å². The first kappa shape index (κ1) is 14.7. The molecule has 0 aromatic heterocycles. The topological polar surface area (TPSA) is 27.7 Å². The normalized spacial score (nSPS) is 22.8. The van der Waals surface area contributed by atoms with Gasteiger partial charge in [0, 0.05) is 31.7 Å². The fourth-order valence-corrected chi connectivity index (χ4v) is 3.23. The van der Waals surface area contributed by atoms with Crippen LogP contribution in [0.4, 0.5) is 5.69 Å². The van der Waals surface area contributed by atoms with Crippen molar-refractivity contribution in [2.45, 2.75) is 37.9 Å². The summed E-state index contributed by atoms with van der Waals surface area (Å²) in [6.07, 6.45) is 4.03. The zero-order valence-corrected chi connectivity index (χ0v) is 13.4. The lowest BCUT2D eigenvalue weighted by Gasteiger charge is -2.19. The quantitative estimate of drug-likeness (QED) is 0.870. The lowest BCUT2D eigenvalue weighted by atomic mass is 10.1. The van der Waals surface area contributed by atoms with Gasteiger partial charge in [0.1, 0.15) is 5.75 Å². The molecule has 0 radical (unpaired) electrons. The van der Waals surface area contributed by atoms with Crippen molar-refractivity contribution in [3.63, 3.8) is 0 Å². The van der Waals surface area contributed by atoms with Crippen molar-refractivity contribution in [2.24, 2.45) is 0 Å². The van der Waals surface area contributed by atoms with Crippen LogP contribution in [0.2, 0.25) is 0 Å². The zero-order valence-electron chi connectivity index (χ0n) is 13.4. The van der Waals surface area contributed by atoms with Crippen molar-refractivity contribution in [3.05, 3.63) is 23.8 Å². The molecule has 1 unspecified atom stereocenters. The molecule has 1 aromatic carbocycles. The Morgan fingerprint density at radius 2 is 2.10 bits per heavy atom. The highest BCUT2D eigenvalue weighted by Crippen LogP contribution is 2.32. The summed E-state index contributed by atoms with van der Waals surface area (Å²) in [7, 11) is 5.95. The zero-order chi connectivity index (χ0) is 14.8. The number of nitrogens with one attached hydrogen (secondary N) is 1. The van der Waals surface area contributed by atoms with Crippen molar-refractivity contribution in [1.82, 2.24) is 9.80 Å². The maximum atomic E-state index is 5.51. The molecule has 3 rings (SSSR count). The molecule has 1 saturated carbocycles. The first-order chi connectivity index (χ1) is 10.2. The molecule has 1 saturated heterocycles. The molecule has 1 heterocycles. The Kier molecular flexibility index (Phi) is 4.36. The molecule has 4 heteroatoms. The van der Waals surface area contributed by atoms with Gasteiger partial charge in [0.05, 0.1) is 12.8 Å². The molecule has 1 N–H and O–H groups in total. The number of hydrogen-bond donors (Lipinski definition) is 1. The molecule has 2 aliphatic rings. The molecule has 21 heavy (non-hydrogen) atoms. The van der Waals surface area contributed by atoms with Gasteiger partial charge >= 0.3 is 0 Å². The van der Waals surface area contributed by atoms with E-state index >= 15 is 0 Å². The van der Waals surface area contributed by atoms with E-state index in [-0.39, 0.29) is 0 Å². The Balaban J connectivity index is 1.67. The molecule has 1 aliphatic heterocycles. The molecule has 1 atom stereocenters. The second-order valence-electron chi connectivity index (χ2n) is 6.63. The molecule has 1 aliphatic carbocycles. The summed E-state index contributed by atoms with van der Waals surface area (Å²) < 4.78 is 5.51. The first-order valence-corrected chi connectivity index (χ1v) is 7.98. The van der Waals surface area contributed by atoms with Gasteiger partial charge in [0.15, 0.2) is 0 Å². The summed E-state index contributed by atoms with van der Waals surface area (Å²) in [5, 5.41) is 3.70. The molecule has 1 aromatic rings. The molecule has 0 amide bonds. The molecule has 4 nitrogen and oxygen atoms in total. The van der Waals surface area contributed by atoms with Crippen LogP contribution >= 0.6 is 0 Å². The Bertz CT molecular complexity index is 485. The highest BCUT2D eigenvalue weighted by molar-refractivity contribution is 5.58. The average Bonchev–Trinajstić information content (AvgIpc) is 3.19. The van der Waals surface area contributed by atoms with Gasteiger partial charge in [-0.25, -0.2) is 0 Å². The largest absolute Gasteiger partial charge is 0.495 e. The Labute approximate surface area is 128 Å². The third-order valence-electron chi connectivity index (χ3n) is 4.41. The van der Waals surface area contributed by atoms with E-state index in [2.05, 4.69) is 47.4 Å². The number of likely N-dealkylation sites (tertiary alicyclic amines) is 1. The van der Waals surface area contributed by atoms with E-state index in [1.165, 1.54) is 37.9 Å². The van der Waals surface area contributed by atoms with Gasteiger partial charge in [0.2, 0.25) is 0 Å². The molecular weight excluding hydrogens is 262 g/mol. The summed E-state index contributed by atoms with van der Waals surface area (Å²) in [6.45, 7) is 3.37. The maximum absolute atomic E-state index is 5.51. The van der Waals surface area contributed by atoms with E-state index in [0.717, 1.165) is 24.0 Å². The summed E-state index contributed by atoms with van der Waals surface area (Å²) in [5.41, 5.74) is 2.46. The Hall–Kier alpha value is -1.26. The predicted molar refractivity (Wildman–Crippen MR) is 87.0 cm³/mol. The third-order valence-corrected chi connectivity index (χ3v) is 4.41. The highest BCUT2D eigenvalue weighted by Gasteiger charge is 2.34. The van der Waals surface area contributed by atoms with Crippen LogP contribution in [-0.2, 0) is 6.54 Å². The summed E-state index contributed by atoms with van der Waals surface area (Å²) in [6, 6.07) is 7.88. The van der Waals surface area contributed by atoms with Crippen LogP contribution in [0.3, 0.4) is 0 Å². The van der Waals surface area contributed by atoms with Crippen molar-refractivity contribution in [2.75, 3.05) is 39.6 Å². The number of hydrogen-bond acceptors (Lipinski definition) is 4. The van der Waals surface area contributed by atoms with E-state index in [4.69, 9.17) is 4.74 Å². The Morgan fingerprint density at radius 1 is 1.29 bits per heavy atom. The number of methoxy groups -OCH3 is 1. The summed E-state index contributed by atoms with van der Waals surface area (Å²) in [4.78, 5) is 4.82. The first-order valence-electron chi connectivity index (χ1n) is 7.98. The van der Waals surface area contributed by atoms with E-state index in [9.17, 15) is 0 Å². The Morgan fingerprint density at radius 3 is 2.76 bits per heavy atom. The lowest BCUT2D eigenvalue weighted by molar-refractivity contribution is 0.326. The van der Waals surface area contributed by atoms with Crippen molar-refractivity contribution < 1.29 is 4.74 Å². The van der Waals surface area contributed by atoms with E-state index in [1.807, 2.05) is 0 Å². The van der Waals surface area contributed by atoms with E-state index in [0.29, 0.717) is 6.04 Å². The molecule has 116 valence electrons. The standard InChI is InChI=1S/C17H27N3O/c1-19(2)11-13-4-7-17(21-3)16(10-13)18-14-8-9-20(12-14)15-5-6-15/h4,7,10,14-15,18H,5-6,8-9,11-12H2,1-3H3. The maximum Gasteiger partial charge on any atom is 0.141 e. The number of benzene rings is 1.